The summed E-state index contributed by atoms with van der Waals surface area (Å²) in [5, 5.41) is 0. The summed E-state index contributed by atoms with van der Waals surface area (Å²) in [6.07, 6.45) is 7.88. The van der Waals surface area contributed by atoms with Gasteiger partial charge in [0.05, 0.1) is 0 Å². The van der Waals surface area contributed by atoms with Crippen LogP contribution in [0.25, 0.3) is 0 Å². The molecule has 1 heteroatoms. The van der Waals surface area contributed by atoms with Crippen molar-refractivity contribution in [3.8, 4) is 12.3 Å². The normalized spacial score (nSPS) is 37.7. The Bertz CT molecular complexity index is 192. The van der Waals surface area contributed by atoms with Crippen LogP contribution in [0.4, 0.5) is 0 Å². The SMILES string of the molecule is C#C[C@H]1CCN(C)C[C@@]1(C)CC. The topological polar surface area (TPSA) is 3.24 Å². The van der Waals surface area contributed by atoms with Gasteiger partial charge in [0.25, 0.3) is 0 Å². The Labute approximate surface area is 76.1 Å². The Morgan fingerprint density at radius 1 is 1.67 bits per heavy atom. The summed E-state index contributed by atoms with van der Waals surface area (Å²) >= 11 is 0. The van der Waals surface area contributed by atoms with Gasteiger partial charge in [-0.15, -0.1) is 12.3 Å². The van der Waals surface area contributed by atoms with Gasteiger partial charge in [0.1, 0.15) is 0 Å². The zero-order valence-corrected chi connectivity index (χ0v) is 8.43. The average molecular weight is 165 g/mol. The fourth-order valence-corrected chi connectivity index (χ4v) is 2.15. The van der Waals surface area contributed by atoms with Gasteiger partial charge in [-0.25, -0.2) is 0 Å². The van der Waals surface area contributed by atoms with Crippen molar-refractivity contribution in [2.24, 2.45) is 11.3 Å². The highest BCUT2D eigenvalue weighted by molar-refractivity contribution is 5.04. The van der Waals surface area contributed by atoms with Gasteiger partial charge < -0.3 is 4.90 Å². The molecule has 0 aromatic rings. The van der Waals surface area contributed by atoms with Crippen LogP contribution < -0.4 is 0 Å². The molecule has 1 heterocycles. The third-order valence-corrected chi connectivity index (χ3v) is 3.28. The standard InChI is InChI=1S/C11H19N/c1-5-10-7-8-12(4)9-11(10,3)6-2/h1,10H,6-9H2,2-4H3/t10-,11+/m0/s1. The van der Waals surface area contributed by atoms with Crippen LogP contribution in [0.5, 0.6) is 0 Å². The lowest BCUT2D eigenvalue weighted by molar-refractivity contribution is 0.0830. The van der Waals surface area contributed by atoms with Gasteiger partial charge in [0.2, 0.25) is 0 Å². The molecule has 0 bridgehead atoms. The molecule has 0 N–H and O–H groups in total. The van der Waals surface area contributed by atoms with Gasteiger partial charge >= 0.3 is 0 Å². The molecule has 0 saturated carbocycles. The van der Waals surface area contributed by atoms with Crippen molar-refractivity contribution in [2.75, 3.05) is 20.1 Å². The van der Waals surface area contributed by atoms with E-state index in [1.54, 1.807) is 0 Å². The van der Waals surface area contributed by atoms with E-state index in [2.05, 4.69) is 31.7 Å². The number of nitrogens with zero attached hydrogens (tertiary/aromatic N) is 1. The molecule has 0 amide bonds. The lowest BCUT2D eigenvalue weighted by atomic mass is 9.71. The number of hydrogen-bond acceptors (Lipinski definition) is 1. The maximum absolute atomic E-state index is 5.53. The fourth-order valence-electron chi connectivity index (χ4n) is 2.15. The summed E-state index contributed by atoms with van der Waals surface area (Å²) in [4.78, 5) is 2.39. The average Bonchev–Trinajstić information content (AvgIpc) is 2.05. The Morgan fingerprint density at radius 3 is 2.83 bits per heavy atom. The first-order chi connectivity index (χ1) is 5.62. The van der Waals surface area contributed by atoms with E-state index >= 15 is 0 Å². The van der Waals surface area contributed by atoms with Crippen molar-refractivity contribution < 1.29 is 0 Å². The van der Waals surface area contributed by atoms with E-state index in [0.29, 0.717) is 11.3 Å². The van der Waals surface area contributed by atoms with Crippen molar-refractivity contribution in [2.45, 2.75) is 26.7 Å². The minimum Gasteiger partial charge on any atom is -0.306 e. The van der Waals surface area contributed by atoms with Crippen LogP contribution in [0.3, 0.4) is 0 Å². The molecule has 68 valence electrons. The molecular weight excluding hydrogens is 146 g/mol. The van der Waals surface area contributed by atoms with E-state index in [1.807, 2.05) is 0 Å². The zero-order chi connectivity index (χ0) is 9.19. The van der Waals surface area contributed by atoms with E-state index in [-0.39, 0.29) is 0 Å². The summed E-state index contributed by atoms with van der Waals surface area (Å²) in [6.45, 7) is 6.86. The first-order valence-electron chi connectivity index (χ1n) is 4.77. The van der Waals surface area contributed by atoms with Crippen molar-refractivity contribution >= 4 is 0 Å². The highest BCUT2D eigenvalue weighted by Gasteiger charge is 2.35. The quantitative estimate of drug-likeness (QED) is 0.537. The number of terminal acetylenes is 1. The van der Waals surface area contributed by atoms with Crippen LogP contribution >= 0.6 is 0 Å². The molecule has 1 aliphatic heterocycles. The van der Waals surface area contributed by atoms with Gasteiger partial charge in [-0.05, 0) is 31.8 Å². The molecule has 0 unspecified atom stereocenters. The fraction of sp³-hybridized carbons (Fsp3) is 0.818. The minimum absolute atomic E-state index is 0.349. The molecule has 0 spiro atoms. The summed E-state index contributed by atoms with van der Waals surface area (Å²) in [7, 11) is 2.18. The second kappa shape index (κ2) is 3.49. The molecule has 0 aromatic carbocycles. The molecule has 1 rings (SSSR count). The molecule has 0 aromatic heterocycles. The van der Waals surface area contributed by atoms with Crippen molar-refractivity contribution in [1.29, 1.82) is 0 Å². The third kappa shape index (κ3) is 1.64. The molecule has 2 atom stereocenters. The summed E-state index contributed by atoms with van der Waals surface area (Å²) < 4.78 is 0. The molecule has 1 nitrogen and oxygen atoms in total. The van der Waals surface area contributed by atoms with Crippen LogP contribution in [0.15, 0.2) is 0 Å². The smallest absolute Gasteiger partial charge is 0.0278 e. The molecule has 1 fully saturated rings. The molecule has 0 radical (unpaired) electrons. The lowest BCUT2D eigenvalue weighted by Crippen LogP contribution is -2.44. The molecule has 1 aliphatic rings. The second-order valence-corrected chi connectivity index (χ2v) is 4.25. The van der Waals surface area contributed by atoms with Gasteiger partial charge in [-0.3, -0.25) is 0 Å². The van der Waals surface area contributed by atoms with Gasteiger partial charge in [-0.2, -0.15) is 0 Å². The zero-order valence-electron chi connectivity index (χ0n) is 8.43. The first kappa shape index (κ1) is 9.61. The third-order valence-electron chi connectivity index (χ3n) is 3.28. The molecular formula is C11H19N. The minimum atomic E-state index is 0.349. The predicted octanol–water partition coefficient (Wildman–Crippen LogP) is 1.99. The first-order valence-corrected chi connectivity index (χ1v) is 4.77. The number of hydrogen-bond donors (Lipinski definition) is 0. The van der Waals surface area contributed by atoms with E-state index in [0.717, 1.165) is 19.5 Å². The van der Waals surface area contributed by atoms with Crippen LogP contribution in [0.2, 0.25) is 0 Å². The second-order valence-electron chi connectivity index (χ2n) is 4.25. The summed E-state index contributed by atoms with van der Waals surface area (Å²) in [5.41, 5.74) is 0.349. The Hall–Kier alpha value is -0.480. The van der Waals surface area contributed by atoms with Crippen LogP contribution in [-0.4, -0.2) is 25.0 Å². The van der Waals surface area contributed by atoms with Crippen molar-refractivity contribution in [3.05, 3.63) is 0 Å². The molecule has 12 heavy (non-hydrogen) atoms. The Balaban J connectivity index is 2.72. The highest BCUT2D eigenvalue weighted by Crippen LogP contribution is 2.37. The van der Waals surface area contributed by atoms with Crippen molar-refractivity contribution in [1.82, 2.24) is 4.90 Å². The number of likely N-dealkylation sites (tertiary alicyclic amines) is 1. The maximum atomic E-state index is 5.53. The van der Waals surface area contributed by atoms with Gasteiger partial charge in [0.15, 0.2) is 0 Å². The predicted molar refractivity (Wildman–Crippen MR) is 52.8 cm³/mol. The Morgan fingerprint density at radius 2 is 2.33 bits per heavy atom. The highest BCUT2D eigenvalue weighted by atomic mass is 15.1. The van der Waals surface area contributed by atoms with Crippen LogP contribution in [0, 0.1) is 23.7 Å². The maximum Gasteiger partial charge on any atom is 0.0278 e. The largest absolute Gasteiger partial charge is 0.306 e. The van der Waals surface area contributed by atoms with Gasteiger partial charge in [-0.1, -0.05) is 13.8 Å². The van der Waals surface area contributed by atoms with Crippen LogP contribution in [-0.2, 0) is 0 Å². The van der Waals surface area contributed by atoms with E-state index in [9.17, 15) is 0 Å². The summed E-state index contributed by atoms with van der Waals surface area (Å²) in [6, 6.07) is 0. The van der Waals surface area contributed by atoms with Crippen molar-refractivity contribution in [3.63, 3.8) is 0 Å². The van der Waals surface area contributed by atoms with Gasteiger partial charge in [0, 0.05) is 12.5 Å². The van der Waals surface area contributed by atoms with E-state index in [1.165, 1.54) is 6.42 Å². The summed E-state index contributed by atoms with van der Waals surface area (Å²) in [5.74, 6) is 3.42. The molecule has 0 aliphatic carbocycles. The number of piperidine rings is 1. The monoisotopic (exact) mass is 165 g/mol. The molecule has 1 saturated heterocycles. The Kier molecular flexibility index (Phi) is 2.80. The lowest BCUT2D eigenvalue weighted by Gasteiger charge is -2.42. The van der Waals surface area contributed by atoms with Crippen LogP contribution in [0.1, 0.15) is 26.7 Å². The van der Waals surface area contributed by atoms with E-state index < -0.39 is 0 Å². The number of rotatable bonds is 1. The van der Waals surface area contributed by atoms with E-state index in [4.69, 9.17) is 6.42 Å².